The summed E-state index contributed by atoms with van der Waals surface area (Å²) in [5, 5.41) is 7.64. The fourth-order valence-electron chi connectivity index (χ4n) is 2.35. The smallest absolute Gasteiger partial charge is 0.238 e. The Labute approximate surface area is 147 Å². The van der Waals surface area contributed by atoms with Crippen LogP contribution in [0.1, 0.15) is 34.3 Å². The van der Waals surface area contributed by atoms with Gasteiger partial charge in [-0.1, -0.05) is 17.7 Å². The third-order valence-electron chi connectivity index (χ3n) is 3.74. The molecule has 2 rings (SSSR count). The molecule has 2 aromatic rings. The first-order valence-electron chi connectivity index (χ1n) is 7.70. The summed E-state index contributed by atoms with van der Waals surface area (Å²) in [6.07, 6.45) is 0.147. The van der Waals surface area contributed by atoms with Crippen LogP contribution in [0.3, 0.4) is 0 Å². The lowest BCUT2D eigenvalue weighted by atomic mass is 9.99. The quantitative estimate of drug-likeness (QED) is 0.772. The first-order chi connectivity index (χ1) is 11.7. The van der Waals surface area contributed by atoms with Gasteiger partial charge in [0.2, 0.25) is 15.9 Å². The van der Waals surface area contributed by atoms with Crippen LogP contribution in [0.5, 0.6) is 0 Å². The van der Waals surface area contributed by atoms with Crippen molar-refractivity contribution in [1.82, 2.24) is 0 Å². The van der Waals surface area contributed by atoms with Crippen LogP contribution >= 0.6 is 0 Å². The monoisotopic (exact) mass is 360 g/mol. The molecular weight excluding hydrogens is 340 g/mol. The summed E-state index contributed by atoms with van der Waals surface area (Å²) < 4.78 is 22.4. The maximum Gasteiger partial charge on any atom is 0.238 e. The van der Waals surface area contributed by atoms with Gasteiger partial charge >= 0.3 is 0 Å². The average Bonchev–Trinajstić information content (AvgIpc) is 2.54. The number of anilines is 1. The van der Waals surface area contributed by atoms with E-state index >= 15 is 0 Å². The lowest BCUT2D eigenvalue weighted by molar-refractivity contribution is -0.116. The first kappa shape index (κ1) is 18.8. The maximum absolute atomic E-state index is 12.3. The lowest BCUT2D eigenvalue weighted by Gasteiger charge is -2.08. The molecule has 0 saturated heterocycles. The van der Waals surface area contributed by atoms with Crippen LogP contribution in [-0.4, -0.2) is 20.1 Å². The molecule has 0 heterocycles. The zero-order chi connectivity index (χ0) is 18.6. The molecule has 0 unspecified atom stereocenters. The summed E-state index contributed by atoms with van der Waals surface area (Å²) in [6.45, 7) is 3.77. The number of nitrogens with one attached hydrogen (secondary N) is 1. The fourth-order valence-corrected chi connectivity index (χ4v) is 2.86. The second-order valence-electron chi connectivity index (χ2n) is 5.86. The largest absolute Gasteiger partial charge is 0.326 e. The third-order valence-corrected chi connectivity index (χ3v) is 4.67. The Morgan fingerprint density at radius 2 is 1.64 bits per heavy atom. The highest BCUT2D eigenvalue weighted by molar-refractivity contribution is 7.89. The molecule has 0 saturated carbocycles. The van der Waals surface area contributed by atoms with Gasteiger partial charge in [0.05, 0.1) is 4.90 Å². The molecule has 7 heteroatoms. The molecular formula is C18H20N2O4S. The summed E-state index contributed by atoms with van der Waals surface area (Å²) in [7, 11) is -3.77. The van der Waals surface area contributed by atoms with Gasteiger partial charge in [0.15, 0.2) is 5.78 Å². The van der Waals surface area contributed by atoms with E-state index in [0.717, 1.165) is 11.1 Å². The van der Waals surface area contributed by atoms with E-state index < -0.39 is 10.0 Å². The molecule has 0 radical (unpaired) electrons. The van der Waals surface area contributed by atoms with Crippen LogP contribution in [0.2, 0.25) is 0 Å². The van der Waals surface area contributed by atoms with E-state index in [1.54, 1.807) is 0 Å². The van der Waals surface area contributed by atoms with Gasteiger partial charge in [-0.3, -0.25) is 9.59 Å². The number of aryl methyl sites for hydroxylation is 2. The standard InChI is InChI=1S/C18H20N2O4S/c1-12-3-4-13(2)16(11-12)17(21)9-10-18(22)20-14-5-7-15(8-6-14)25(19,23)24/h3-8,11H,9-10H2,1-2H3,(H,20,22)(H2,19,23,24). The third kappa shape index (κ3) is 5.23. The van der Waals surface area contributed by atoms with Gasteiger partial charge in [0, 0.05) is 24.1 Å². The number of nitrogens with two attached hydrogens (primary N) is 1. The Hall–Kier alpha value is -2.51. The van der Waals surface area contributed by atoms with Gasteiger partial charge in [-0.05, 0) is 49.7 Å². The second-order valence-corrected chi connectivity index (χ2v) is 7.42. The number of carbonyl (C=O) groups excluding carboxylic acids is 2. The van der Waals surface area contributed by atoms with Gasteiger partial charge in [0.25, 0.3) is 0 Å². The van der Waals surface area contributed by atoms with Crippen LogP contribution in [0.15, 0.2) is 47.4 Å². The van der Waals surface area contributed by atoms with Gasteiger partial charge < -0.3 is 5.32 Å². The minimum atomic E-state index is -3.77. The van der Waals surface area contributed by atoms with Crippen LogP contribution < -0.4 is 10.5 Å². The number of hydrogen-bond donors (Lipinski definition) is 2. The molecule has 2 aromatic carbocycles. The van der Waals surface area contributed by atoms with E-state index in [9.17, 15) is 18.0 Å². The predicted octanol–water partition coefficient (Wildman–Crippen LogP) is 2.55. The minimum absolute atomic E-state index is 0.0319. The Balaban J connectivity index is 1.94. The predicted molar refractivity (Wildman–Crippen MR) is 95.9 cm³/mol. The molecule has 0 atom stereocenters. The molecule has 132 valence electrons. The van der Waals surface area contributed by atoms with Crippen molar-refractivity contribution < 1.29 is 18.0 Å². The van der Waals surface area contributed by atoms with Crippen LogP contribution in [0.25, 0.3) is 0 Å². The summed E-state index contributed by atoms with van der Waals surface area (Å²) in [6, 6.07) is 11.2. The van der Waals surface area contributed by atoms with E-state index in [1.807, 2.05) is 32.0 Å². The van der Waals surface area contributed by atoms with E-state index in [1.165, 1.54) is 24.3 Å². The van der Waals surface area contributed by atoms with Crippen molar-refractivity contribution in [3.8, 4) is 0 Å². The highest BCUT2D eigenvalue weighted by atomic mass is 32.2. The minimum Gasteiger partial charge on any atom is -0.326 e. The van der Waals surface area contributed by atoms with Crippen molar-refractivity contribution in [2.45, 2.75) is 31.6 Å². The van der Waals surface area contributed by atoms with Crippen LogP contribution in [-0.2, 0) is 14.8 Å². The molecule has 0 bridgehead atoms. The van der Waals surface area contributed by atoms with Crippen molar-refractivity contribution in [3.63, 3.8) is 0 Å². The number of rotatable bonds is 6. The number of benzene rings is 2. The van der Waals surface area contributed by atoms with Crippen molar-refractivity contribution in [2.75, 3.05) is 5.32 Å². The van der Waals surface area contributed by atoms with E-state index in [-0.39, 0.29) is 29.4 Å². The Kier molecular flexibility index (Phi) is 5.71. The van der Waals surface area contributed by atoms with E-state index in [0.29, 0.717) is 11.3 Å². The molecule has 0 aromatic heterocycles. The number of primary sulfonamides is 1. The number of sulfonamides is 1. The summed E-state index contributed by atoms with van der Waals surface area (Å²) in [5.41, 5.74) is 2.95. The normalized spacial score (nSPS) is 11.2. The van der Waals surface area contributed by atoms with E-state index in [4.69, 9.17) is 5.14 Å². The molecule has 25 heavy (non-hydrogen) atoms. The lowest BCUT2D eigenvalue weighted by Crippen LogP contribution is -2.15. The fraction of sp³-hybridized carbons (Fsp3) is 0.222. The zero-order valence-electron chi connectivity index (χ0n) is 14.1. The Morgan fingerprint density at radius 1 is 1.00 bits per heavy atom. The number of Topliss-reactive ketones (excluding diaryl/α,β-unsaturated/α-hetero) is 1. The summed E-state index contributed by atoms with van der Waals surface area (Å²) >= 11 is 0. The summed E-state index contributed by atoms with van der Waals surface area (Å²) in [4.78, 5) is 24.2. The summed E-state index contributed by atoms with van der Waals surface area (Å²) in [5.74, 6) is -0.400. The number of ketones is 1. The van der Waals surface area contributed by atoms with Crippen molar-refractivity contribution >= 4 is 27.4 Å². The van der Waals surface area contributed by atoms with Crippen molar-refractivity contribution in [1.29, 1.82) is 0 Å². The molecule has 3 N–H and O–H groups in total. The van der Waals surface area contributed by atoms with Gasteiger partial charge in [-0.15, -0.1) is 0 Å². The molecule has 6 nitrogen and oxygen atoms in total. The van der Waals surface area contributed by atoms with Gasteiger partial charge in [0.1, 0.15) is 0 Å². The van der Waals surface area contributed by atoms with Gasteiger partial charge in [-0.25, -0.2) is 13.6 Å². The highest BCUT2D eigenvalue weighted by Crippen LogP contribution is 2.16. The topological polar surface area (TPSA) is 106 Å². The molecule has 0 spiro atoms. The Morgan fingerprint density at radius 3 is 2.24 bits per heavy atom. The zero-order valence-corrected chi connectivity index (χ0v) is 14.9. The highest BCUT2D eigenvalue weighted by Gasteiger charge is 2.13. The number of hydrogen-bond acceptors (Lipinski definition) is 4. The maximum atomic E-state index is 12.3. The van der Waals surface area contributed by atoms with Crippen molar-refractivity contribution in [2.24, 2.45) is 5.14 Å². The second kappa shape index (κ2) is 7.58. The SMILES string of the molecule is Cc1ccc(C)c(C(=O)CCC(=O)Nc2ccc(S(N)(=O)=O)cc2)c1. The first-order valence-corrected chi connectivity index (χ1v) is 9.24. The van der Waals surface area contributed by atoms with Crippen molar-refractivity contribution in [3.05, 3.63) is 59.2 Å². The van der Waals surface area contributed by atoms with E-state index in [2.05, 4.69) is 5.32 Å². The number of amides is 1. The van der Waals surface area contributed by atoms with Crippen LogP contribution in [0.4, 0.5) is 5.69 Å². The average molecular weight is 360 g/mol. The number of carbonyl (C=O) groups is 2. The molecule has 0 fully saturated rings. The molecule has 0 aliphatic rings. The molecule has 0 aliphatic heterocycles. The van der Waals surface area contributed by atoms with Crippen LogP contribution in [0, 0.1) is 13.8 Å². The molecule has 1 amide bonds. The molecule has 0 aliphatic carbocycles. The van der Waals surface area contributed by atoms with Gasteiger partial charge in [-0.2, -0.15) is 0 Å². The Bertz CT molecular complexity index is 903.